The van der Waals surface area contributed by atoms with Gasteiger partial charge in [0.25, 0.3) is 5.91 Å². The molecule has 2 heterocycles. The second-order valence-corrected chi connectivity index (χ2v) is 6.56. The topological polar surface area (TPSA) is 46.4 Å². The van der Waals surface area contributed by atoms with Crippen LogP contribution >= 0.6 is 0 Å². The summed E-state index contributed by atoms with van der Waals surface area (Å²) in [7, 11) is 0. The summed E-state index contributed by atoms with van der Waals surface area (Å²) in [6.45, 7) is 1.93. The average Bonchev–Trinajstić information content (AvgIpc) is 3.11. The molecule has 4 rings (SSSR count). The molecule has 0 unspecified atom stereocenters. The van der Waals surface area contributed by atoms with E-state index in [9.17, 15) is 9.18 Å². The molecule has 2 aromatic heterocycles. The lowest BCUT2D eigenvalue weighted by Gasteiger charge is -2.20. The number of carbonyl (C=O) groups excluding carboxylic acids is 1. The predicted molar refractivity (Wildman–Crippen MR) is 107 cm³/mol. The minimum absolute atomic E-state index is 0.285. The number of rotatable bonds is 5. The van der Waals surface area contributed by atoms with E-state index in [1.54, 1.807) is 6.07 Å². The molecule has 4 aromatic rings. The van der Waals surface area contributed by atoms with Crippen LogP contribution in [0.15, 0.2) is 79.0 Å². The van der Waals surface area contributed by atoms with Gasteiger partial charge in [0.05, 0.1) is 11.7 Å². The molecule has 0 aliphatic carbocycles. The number of benzene rings is 2. The minimum atomic E-state index is -0.413. The van der Waals surface area contributed by atoms with E-state index in [0.29, 0.717) is 23.5 Å². The molecule has 0 radical (unpaired) electrons. The van der Waals surface area contributed by atoms with Crippen LogP contribution in [0.25, 0.3) is 5.65 Å². The Hall–Kier alpha value is -3.47. The molecule has 0 bridgehead atoms. The van der Waals surface area contributed by atoms with Crippen molar-refractivity contribution in [3.63, 3.8) is 0 Å². The molecule has 4 nitrogen and oxygen atoms in total. The zero-order valence-electron chi connectivity index (χ0n) is 15.5. The maximum atomic E-state index is 13.8. The van der Waals surface area contributed by atoms with Gasteiger partial charge in [0, 0.05) is 6.20 Å². The first-order chi connectivity index (χ1) is 13.7. The standard InChI is InChI=1S/C23H20FN3O/c1-2-19-22(27-15-18(24)13-14-20(27)25-19)23(28)26-21(16-9-5-3-6-10-16)17-11-7-4-8-12-17/h3-15,21H,2H2,1H3,(H,26,28). The molecule has 1 N–H and O–H groups in total. The molecule has 0 spiro atoms. The molecule has 0 aliphatic rings. The van der Waals surface area contributed by atoms with Gasteiger partial charge in [-0.15, -0.1) is 0 Å². The summed E-state index contributed by atoms with van der Waals surface area (Å²) in [6.07, 6.45) is 1.88. The lowest BCUT2D eigenvalue weighted by atomic mass is 9.98. The second kappa shape index (κ2) is 7.64. The van der Waals surface area contributed by atoms with Crippen LogP contribution in [0, 0.1) is 5.82 Å². The van der Waals surface area contributed by atoms with Crippen molar-refractivity contribution < 1.29 is 9.18 Å². The van der Waals surface area contributed by atoms with Gasteiger partial charge in [0.15, 0.2) is 0 Å². The third kappa shape index (κ3) is 3.39. The highest BCUT2D eigenvalue weighted by Gasteiger charge is 2.23. The van der Waals surface area contributed by atoms with E-state index >= 15 is 0 Å². The Morgan fingerprint density at radius 3 is 2.18 bits per heavy atom. The molecule has 1 amide bonds. The van der Waals surface area contributed by atoms with E-state index in [1.807, 2.05) is 67.6 Å². The smallest absolute Gasteiger partial charge is 0.270 e. The number of fused-ring (bicyclic) bond motifs is 1. The second-order valence-electron chi connectivity index (χ2n) is 6.56. The molecule has 0 saturated heterocycles. The van der Waals surface area contributed by atoms with Crippen LogP contribution in [0.5, 0.6) is 0 Å². The maximum absolute atomic E-state index is 13.8. The van der Waals surface area contributed by atoms with Crippen molar-refractivity contribution in [1.82, 2.24) is 14.7 Å². The summed E-state index contributed by atoms with van der Waals surface area (Å²) in [6, 6.07) is 22.2. The van der Waals surface area contributed by atoms with E-state index in [1.165, 1.54) is 16.7 Å². The van der Waals surface area contributed by atoms with Crippen molar-refractivity contribution >= 4 is 11.6 Å². The Kier molecular flexibility index (Phi) is 4.89. The Labute approximate surface area is 162 Å². The summed E-state index contributed by atoms with van der Waals surface area (Å²) >= 11 is 0. The van der Waals surface area contributed by atoms with Crippen LogP contribution in [0.2, 0.25) is 0 Å². The first-order valence-electron chi connectivity index (χ1n) is 9.24. The van der Waals surface area contributed by atoms with Gasteiger partial charge in [-0.05, 0) is 29.7 Å². The normalized spacial score (nSPS) is 11.1. The van der Waals surface area contributed by atoms with Crippen molar-refractivity contribution in [1.29, 1.82) is 0 Å². The van der Waals surface area contributed by atoms with Gasteiger partial charge in [-0.25, -0.2) is 9.37 Å². The summed E-state index contributed by atoms with van der Waals surface area (Å²) in [4.78, 5) is 17.8. The van der Waals surface area contributed by atoms with Gasteiger partial charge in [-0.1, -0.05) is 67.6 Å². The van der Waals surface area contributed by atoms with Gasteiger partial charge in [-0.3, -0.25) is 9.20 Å². The van der Waals surface area contributed by atoms with Crippen molar-refractivity contribution in [2.75, 3.05) is 0 Å². The van der Waals surface area contributed by atoms with Crippen molar-refractivity contribution in [2.45, 2.75) is 19.4 Å². The fraction of sp³-hybridized carbons (Fsp3) is 0.130. The van der Waals surface area contributed by atoms with Gasteiger partial charge in [-0.2, -0.15) is 0 Å². The molecule has 0 atom stereocenters. The zero-order valence-corrected chi connectivity index (χ0v) is 15.5. The van der Waals surface area contributed by atoms with Crippen LogP contribution in [-0.2, 0) is 6.42 Å². The Bertz CT molecular complexity index is 1070. The lowest BCUT2D eigenvalue weighted by molar-refractivity contribution is 0.0936. The first kappa shape index (κ1) is 17.9. The third-order valence-electron chi connectivity index (χ3n) is 4.75. The number of pyridine rings is 1. The number of nitrogens with zero attached hydrogens (tertiary/aromatic N) is 2. The molecule has 140 valence electrons. The summed E-state index contributed by atoms with van der Waals surface area (Å²) in [5.41, 5.74) is 3.51. The van der Waals surface area contributed by atoms with E-state index in [2.05, 4.69) is 10.3 Å². The van der Waals surface area contributed by atoms with Gasteiger partial charge in [0.2, 0.25) is 0 Å². The van der Waals surface area contributed by atoms with E-state index in [-0.39, 0.29) is 11.9 Å². The number of hydrogen-bond acceptors (Lipinski definition) is 2. The van der Waals surface area contributed by atoms with Gasteiger partial charge in [0.1, 0.15) is 17.2 Å². The van der Waals surface area contributed by atoms with Crippen molar-refractivity contribution in [3.8, 4) is 0 Å². The summed E-state index contributed by atoms with van der Waals surface area (Å²) in [5, 5.41) is 3.12. The van der Waals surface area contributed by atoms with Gasteiger partial charge < -0.3 is 5.32 Å². The lowest BCUT2D eigenvalue weighted by Crippen LogP contribution is -2.31. The number of nitrogens with one attached hydrogen (secondary N) is 1. The molecule has 0 saturated carbocycles. The Morgan fingerprint density at radius 1 is 1.00 bits per heavy atom. The molecular weight excluding hydrogens is 353 g/mol. The third-order valence-corrected chi connectivity index (χ3v) is 4.75. The summed E-state index contributed by atoms with van der Waals surface area (Å²) in [5.74, 6) is -0.697. The van der Waals surface area contributed by atoms with Crippen LogP contribution in [-0.4, -0.2) is 15.3 Å². The van der Waals surface area contributed by atoms with E-state index in [0.717, 1.165) is 11.1 Å². The zero-order chi connectivity index (χ0) is 19.5. The average molecular weight is 373 g/mol. The molecule has 5 heteroatoms. The largest absolute Gasteiger partial charge is 0.340 e. The highest BCUT2D eigenvalue weighted by Crippen LogP contribution is 2.23. The molecule has 28 heavy (non-hydrogen) atoms. The Morgan fingerprint density at radius 2 is 1.61 bits per heavy atom. The van der Waals surface area contributed by atoms with E-state index in [4.69, 9.17) is 0 Å². The van der Waals surface area contributed by atoms with Crippen LogP contribution in [0.1, 0.15) is 40.3 Å². The predicted octanol–water partition coefficient (Wildman–Crippen LogP) is 4.56. The quantitative estimate of drug-likeness (QED) is 0.558. The number of aromatic nitrogens is 2. The van der Waals surface area contributed by atoms with Crippen molar-refractivity contribution in [2.24, 2.45) is 0 Å². The van der Waals surface area contributed by atoms with E-state index < -0.39 is 5.82 Å². The fourth-order valence-corrected chi connectivity index (χ4v) is 3.40. The van der Waals surface area contributed by atoms with Gasteiger partial charge >= 0.3 is 0 Å². The first-order valence-corrected chi connectivity index (χ1v) is 9.24. The molecule has 0 aliphatic heterocycles. The number of aryl methyl sites for hydroxylation is 1. The van der Waals surface area contributed by atoms with Crippen molar-refractivity contribution in [3.05, 3.63) is 107 Å². The minimum Gasteiger partial charge on any atom is -0.340 e. The maximum Gasteiger partial charge on any atom is 0.270 e. The number of halogens is 1. The number of carbonyl (C=O) groups is 1. The van der Waals surface area contributed by atoms with Crippen LogP contribution < -0.4 is 5.32 Å². The highest BCUT2D eigenvalue weighted by molar-refractivity contribution is 5.95. The number of amides is 1. The monoisotopic (exact) mass is 373 g/mol. The number of hydrogen-bond donors (Lipinski definition) is 1. The number of imidazole rings is 1. The Balaban J connectivity index is 1.77. The summed E-state index contributed by atoms with van der Waals surface area (Å²) < 4.78 is 15.3. The molecular formula is C23H20FN3O. The molecule has 2 aromatic carbocycles. The molecule has 0 fully saturated rings. The fourth-order valence-electron chi connectivity index (χ4n) is 3.40. The van der Waals surface area contributed by atoms with Crippen LogP contribution in [0.4, 0.5) is 4.39 Å². The highest BCUT2D eigenvalue weighted by atomic mass is 19.1. The SMILES string of the molecule is CCc1nc2ccc(F)cn2c1C(=O)NC(c1ccccc1)c1ccccc1. The van der Waals surface area contributed by atoms with Crippen LogP contribution in [0.3, 0.4) is 0 Å².